The molecular weight excluding hydrogens is 248 g/mol. The lowest BCUT2D eigenvalue weighted by atomic mass is 10.2. The van der Waals surface area contributed by atoms with Gasteiger partial charge < -0.3 is 21.3 Å². The largest absolute Gasteiger partial charge is 0.398 e. The van der Waals surface area contributed by atoms with Crippen LogP contribution in [0.15, 0.2) is 30.1 Å². The molecule has 2 rings (SSSR count). The first kappa shape index (κ1) is 12.9. The van der Waals surface area contributed by atoms with Crippen LogP contribution in [-0.4, -0.2) is 19.3 Å². The van der Waals surface area contributed by atoms with Gasteiger partial charge in [0, 0.05) is 23.6 Å². The zero-order valence-electron chi connectivity index (χ0n) is 10.7. The van der Waals surface area contributed by atoms with Crippen molar-refractivity contribution in [2.75, 3.05) is 23.8 Å². The Labute approximate surface area is 113 Å². The Morgan fingerprint density at radius 1 is 1.44 bits per heavy atom. The van der Waals surface area contributed by atoms with E-state index in [0.717, 1.165) is 18.9 Å². The molecule has 0 unspecified atom stereocenters. The molecule has 18 heavy (non-hydrogen) atoms. The van der Waals surface area contributed by atoms with Crippen LogP contribution < -0.4 is 21.3 Å². The molecule has 0 spiro atoms. The SMILES string of the molecule is CC(C)N(CC1=CNCN1)c1ccc(N)c(Cl)c1. The van der Waals surface area contributed by atoms with E-state index in [2.05, 4.69) is 29.4 Å². The summed E-state index contributed by atoms with van der Waals surface area (Å²) >= 11 is 6.08. The van der Waals surface area contributed by atoms with Crippen LogP contribution in [0.1, 0.15) is 13.8 Å². The van der Waals surface area contributed by atoms with Crippen molar-refractivity contribution in [3.05, 3.63) is 35.1 Å². The van der Waals surface area contributed by atoms with Crippen LogP contribution in [0.5, 0.6) is 0 Å². The molecule has 0 amide bonds. The number of nitrogens with zero attached hydrogens (tertiary/aromatic N) is 1. The first-order valence-electron chi connectivity index (χ1n) is 6.06. The average molecular weight is 267 g/mol. The molecule has 4 nitrogen and oxygen atoms in total. The van der Waals surface area contributed by atoms with E-state index < -0.39 is 0 Å². The fourth-order valence-corrected chi connectivity index (χ4v) is 2.12. The van der Waals surface area contributed by atoms with Gasteiger partial charge in [-0.2, -0.15) is 0 Å². The van der Waals surface area contributed by atoms with E-state index in [1.165, 1.54) is 5.70 Å². The molecule has 0 bridgehead atoms. The molecule has 98 valence electrons. The first-order chi connectivity index (χ1) is 8.58. The molecule has 0 radical (unpaired) electrons. The minimum Gasteiger partial charge on any atom is -0.398 e. The number of hydrogen-bond donors (Lipinski definition) is 3. The Hall–Kier alpha value is -1.55. The topological polar surface area (TPSA) is 53.3 Å². The molecule has 0 saturated heterocycles. The van der Waals surface area contributed by atoms with Gasteiger partial charge in [0.15, 0.2) is 0 Å². The summed E-state index contributed by atoms with van der Waals surface area (Å²) in [5.74, 6) is 0. The van der Waals surface area contributed by atoms with Gasteiger partial charge in [0.1, 0.15) is 0 Å². The van der Waals surface area contributed by atoms with E-state index in [9.17, 15) is 0 Å². The highest BCUT2D eigenvalue weighted by atomic mass is 35.5. The molecule has 1 aromatic rings. The summed E-state index contributed by atoms with van der Waals surface area (Å²) in [6.45, 7) is 5.94. The summed E-state index contributed by atoms with van der Waals surface area (Å²) in [6, 6.07) is 6.15. The van der Waals surface area contributed by atoms with Gasteiger partial charge in [-0.15, -0.1) is 0 Å². The fraction of sp³-hybridized carbons (Fsp3) is 0.385. The third-order valence-corrected chi connectivity index (χ3v) is 3.30. The molecular formula is C13H19ClN4. The quantitative estimate of drug-likeness (QED) is 0.731. The number of anilines is 2. The number of halogens is 1. The Morgan fingerprint density at radius 3 is 2.78 bits per heavy atom. The number of benzene rings is 1. The number of nitrogens with two attached hydrogens (primary N) is 1. The first-order valence-corrected chi connectivity index (χ1v) is 6.43. The van der Waals surface area contributed by atoms with Crippen LogP contribution in [-0.2, 0) is 0 Å². The highest BCUT2D eigenvalue weighted by Crippen LogP contribution is 2.26. The van der Waals surface area contributed by atoms with E-state index in [0.29, 0.717) is 16.8 Å². The van der Waals surface area contributed by atoms with Crippen molar-refractivity contribution < 1.29 is 0 Å². The molecule has 0 aromatic heterocycles. The van der Waals surface area contributed by atoms with E-state index in [1.807, 2.05) is 24.4 Å². The maximum absolute atomic E-state index is 6.08. The Balaban J connectivity index is 2.20. The smallest absolute Gasteiger partial charge is 0.0843 e. The molecule has 1 aliphatic rings. The maximum atomic E-state index is 6.08. The second-order valence-electron chi connectivity index (χ2n) is 4.65. The second-order valence-corrected chi connectivity index (χ2v) is 5.06. The van der Waals surface area contributed by atoms with Crippen molar-refractivity contribution in [2.45, 2.75) is 19.9 Å². The number of rotatable bonds is 4. The average Bonchev–Trinajstić information content (AvgIpc) is 2.82. The van der Waals surface area contributed by atoms with Gasteiger partial charge in [0.25, 0.3) is 0 Å². The van der Waals surface area contributed by atoms with Crippen LogP contribution in [0.25, 0.3) is 0 Å². The van der Waals surface area contributed by atoms with Crippen LogP contribution in [0.2, 0.25) is 5.02 Å². The molecule has 0 fully saturated rings. The molecule has 0 saturated carbocycles. The van der Waals surface area contributed by atoms with Gasteiger partial charge in [-0.25, -0.2) is 0 Å². The molecule has 1 aliphatic heterocycles. The molecule has 1 heterocycles. The van der Waals surface area contributed by atoms with Gasteiger partial charge in [0.05, 0.1) is 23.9 Å². The number of hydrogen-bond acceptors (Lipinski definition) is 4. The van der Waals surface area contributed by atoms with Gasteiger partial charge >= 0.3 is 0 Å². The number of nitrogen functional groups attached to an aromatic ring is 1. The van der Waals surface area contributed by atoms with Gasteiger partial charge in [-0.3, -0.25) is 0 Å². The van der Waals surface area contributed by atoms with Crippen molar-refractivity contribution in [3.63, 3.8) is 0 Å². The van der Waals surface area contributed by atoms with E-state index in [4.69, 9.17) is 17.3 Å². The van der Waals surface area contributed by atoms with Crippen molar-refractivity contribution in [3.8, 4) is 0 Å². The monoisotopic (exact) mass is 266 g/mol. The lowest BCUT2D eigenvalue weighted by Gasteiger charge is -2.29. The summed E-state index contributed by atoms with van der Waals surface area (Å²) < 4.78 is 0. The molecule has 4 N–H and O–H groups in total. The van der Waals surface area contributed by atoms with Crippen LogP contribution in [0.3, 0.4) is 0 Å². The van der Waals surface area contributed by atoms with Crippen LogP contribution in [0, 0.1) is 0 Å². The normalized spacial score (nSPS) is 14.1. The number of nitrogens with one attached hydrogen (secondary N) is 2. The van der Waals surface area contributed by atoms with E-state index in [1.54, 1.807) is 0 Å². The Morgan fingerprint density at radius 2 is 2.22 bits per heavy atom. The van der Waals surface area contributed by atoms with E-state index in [-0.39, 0.29) is 0 Å². The summed E-state index contributed by atoms with van der Waals surface area (Å²) in [5, 5.41) is 7.03. The molecule has 0 atom stereocenters. The van der Waals surface area contributed by atoms with Crippen molar-refractivity contribution in [1.29, 1.82) is 0 Å². The van der Waals surface area contributed by atoms with Crippen LogP contribution in [0.4, 0.5) is 11.4 Å². The zero-order chi connectivity index (χ0) is 13.1. The van der Waals surface area contributed by atoms with Gasteiger partial charge in [-0.1, -0.05) is 11.6 Å². The van der Waals surface area contributed by atoms with Crippen LogP contribution >= 0.6 is 11.6 Å². The minimum atomic E-state index is 0.382. The predicted octanol–water partition coefficient (Wildman–Crippen LogP) is 2.13. The predicted molar refractivity (Wildman–Crippen MR) is 77.6 cm³/mol. The highest BCUT2D eigenvalue weighted by Gasteiger charge is 2.15. The summed E-state index contributed by atoms with van der Waals surface area (Å²) in [4.78, 5) is 2.27. The standard InChI is InChI=1S/C13H19ClN4/c1-9(2)18(7-10-6-16-8-17-10)11-3-4-13(15)12(14)5-11/h3-6,9,16-17H,7-8,15H2,1-2H3. The maximum Gasteiger partial charge on any atom is 0.0843 e. The molecule has 5 heteroatoms. The second kappa shape index (κ2) is 5.40. The summed E-state index contributed by atoms with van der Waals surface area (Å²) in [7, 11) is 0. The lowest BCUT2D eigenvalue weighted by molar-refractivity contribution is 0.689. The third kappa shape index (κ3) is 2.82. The lowest BCUT2D eigenvalue weighted by Crippen LogP contribution is -2.35. The Bertz CT molecular complexity index is 456. The summed E-state index contributed by atoms with van der Waals surface area (Å²) in [6.07, 6.45) is 2.01. The molecule has 0 aliphatic carbocycles. The van der Waals surface area contributed by atoms with E-state index >= 15 is 0 Å². The van der Waals surface area contributed by atoms with Crippen molar-refractivity contribution >= 4 is 23.0 Å². The third-order valence-electron chi connectivity index (χ3n) is 2.97. The van der Waals surface area contributed by atoms with Gasteiger partial charge in [-0.05, 0) is 32.0 Å². The minimum absolute atomic E-state index is 0.382. The summed E-state index contributed by atoms with van der Waals surface area (Å²) in [5.41, 5.74) is 8.62. The highest BCUT2D eigenvalue weighted by molar-refractivity contribution is 6.33. The zero-order valence-corrected chi connectivity index (χ0v) is 11.5. The van der Waals surface area contributed by atoms with Crippen molar-refractivity contribution in [1.82, 2.24) is 10.6 Å². The fourth-order valence-electron chi connectivity index (χ4n) is 1.94. The Kier molecular flexibility index (Phi) is 3.87. The molecule has 1 aromatic carbocycles. The van der Waals surface area contributed by atoms with Crippen molar-refractivity contribution in [2.24, 2.45) is 0 Å². The van der Waals surface area contributed by atoms with Gasteiger partial charge in [0.2, 0.25) is 0 Å².